The number of fused-ring (bicyclic) bond motifs is 3. The number of rotatable bonds is 7. The standard InChI is InChI=1S/C45H72N2O12.CH4/c1-10-11-14-32-20-26(2)19-27(3)21-38(56-8)41-39(57-9)23-29(5)45(53,59-41)42(50)43(51)47-18-13-12-15-34(47)44(52)58-40(30(6)36(49)25-33(32)46-54)28(4)22-31-16-17-35(48)37(24-31)55-7;/h10-11,20,22,27,29-32,34-41,48-49,53-54H,12-19,21,23-25H2,1-9H3;1H4/b11-10+,26-20+,28-22+,46-33-;/t27-,29+,30+,31-,32+,34-,35+,36-,37+,38-,39-,40+,41+,45+;/m0./s1. The SMILES string of the molecule is C.C/C=C/C[C@@H]1/C=C(\C)C[C@H](C)C[C@H](OC)[C@H]2O[C@@](O)(C(=O)C(=O)N3CCCC[C@H]3C(=O)O[C@H](/C(C)=C/[C@@H]3CC[C@@H](O)[C@H](OC)C3)[C@H](C)[C@@H](O)C/C1=N/O)[C@H](C)C[C@@H]2OC. The van der Waals surface area contributed by atoms with Crippen LogP contribution in [0.15, 0.2) is 40.6 Å². The molecule has 0 spiro atoms. The van der Waals surface area contributed by atoms with E-state index in [-0.39, 0.29) is 57.1 Å². The summed E-state index contributed by atoms with van der Waals surface area (Å²) < 4.78 is 29.9. The highest BCUT2D eigenvalue weighted by molar-refractivity contribution is 6.39. The minimum Gasteiger partial charge on any atom is -0.456 e. The summed E-state index contributed by atoms with van der Waals surface area (Å²) in [7, 11) is 4.64. The number of hydrogen-bond donors (Lipinski definition) is 4. The van der Waals surface area contributed by atoms with Crippen LogP contribution in [-0.2, 0) is 38.1 Å². The van der Waals surface area contributed by atoms with Crippen LogP contribution in [0, 0.1) is 29.6 Å². The normalized spacial score (nSPS) is 40.2. The van der Waals surface area contributed by atoms with Gasteiger partial charge in [-0.3, -0.25) is 9.59 Å². The molecule has 2 bridgehead atoms. The fourth-order valence-electron chi connectivity index (χ4n) is 9.66. The number of aliphatic hydroxyl groups is 3. The maximum absolute atomic E-state index is 14.4. The Bertz CT molecular complexity index is 1550. The fraction of sp³-hybridized carbons (Fsp3) is 0.783. The largest absolute Gasteiger partial charge is 0.456 e. The molecule has 3 fully saturated rings. The molecule has 0 aromatic rings. The molecule has 2 saturated heterocycles. The molecular formula is C46H76N2O12. The first kappa shape index (κ1) is 51.4. The Morgan fingerprint density at radius 2 is 1.62 bits per heavy atom. The van der Waals surface area contributed by atoms with E-state index in [9.17, 15) is 34.9 Å². The molecule has 14 heteroatoms. The number of allylic oxidation sites excluding steroid dienone is 5. The van der Waals surface area contributed by atoms with E-state index in [1.54, 1.807) is 21.0 Å². The van der Waals surface area contributed by atoms with Crippen LogP contribution in [0.1, 0.15) is 120 Å². The lowest BCUT2D eigenvalue weighted by molar-refractivity contribution is -0.302. The smallest absolute Gasteiger partial charge is 0.329 e. The number of amides is 1. The van der Waals surface area contributed by atoms with Crippen molar-refractivity contribution in [2.75, 3.05) is 27.9 Å². The molecule has 4 aliphatic rings. The van der Waals surface area contributed by atoms with Crippen LogP contribution in [0.5, 0.6) is 0 Å². The van der Waals surface area contributed by atoms with Crippen LogP contribution in [0.4, 0.5) is 0 Å². The molecule has 1 aliphatic carbocycles. The van der Waals surface area contributed by atoms with Crippen LogP contribution in [0.2, 0.25) is 0 Å². The zero-order chi connectivity index (χ0) is 43.6. The second-order valence-corrected chi connectivity index (χ2v) is 17.7. The fourth-order valence-corrected chi connectivity index (χ4v) is 9.66. The van der Waals surface area contributed by atoms with Crippen molar-refractivity contribution in [2.45, 2.75) is 174 Å². The second-order valence-electron chi connectivity index (χ2n) is 17.7. The van der Waals surface area contributed by atoms with Crippen molar-refractivity contribution >= 4 is 23.4 Å². The number of piperidine rings is 1. The lowest BCUT2D eigenvalue weighted by Crippen LogP contribution is -2.64. The van der Waals surface area contributed by atoms with E-state index in [1.165, 1.54) is 19.1 Å². The summed E-state index contributed by atoms with van der Waals surface area (Å²) in [4.78, 5) is 44.1. The first-order valence-electron chi connectivity index (χ1n) is 21.6. The minimum atomic E-state index is -2.51. The molecule has 14 atom stereocenters. The number of hydrogen-bond acceptors (Lipinski definition) is 13. The number of ketones is 1. The van der Waals surface area contributed by atoms with Crippen LogP contribution in [-0.4, -0.2) is 131 Å². The Hall–Kier alpha value is -2.98. The van der Waals surface area contributed by atoms with Crippen LogP contribution < -0.4 is 0 Å². The molecule has 3 heterocycles. The number of nitrogens with zero attached hydrogens (tertiary/aromatic N) is 2. The van der Waals surface area contributed by atoms with Gasteiger partial charge in [0.05, 0.1) is 36.2 Å². The molecule has 3 aliphatic heterocycles. The average molecular weight is 849 g/mol. The maximum Gasteiger partial charge on any atom is 0.329 e. The molecule has 4 rings (SSSR count). The third-order valence-corrected chi connectivity index (χ3v) is 13.2. The molecule has 1 saturated carbocycles. The van der Waals surface area contributed by atoms with Gasteiger partial charge in [0.15, 0.2) is 0 Å². The summed E-state index contributed by atoms with van der Waals surface area (Å²) in [5.74, 6) is -7.31. The monoisotopic (exact) mass is 849 g/mol. The number of methoxy groups -OCH3 is 3. The van der Waals surface area contributed by atoms with Gasteiger partial charge in [0.2, 0.25) is 5.79 Å². The Labute approximate surface area is 358 Å². The zero-order valence-electron chi connectivity index (χ0n) is 36.7. The third-order valence-electron chi connectivity index (χ3n) is 13.2. The van der Waals surface area contributed by atoms with E-state index in [2.05, 4.69) is 18.2 Å². The highest BCUT2D eigenvalue weighted by atomic mass is 16.7. The Kier molecular flexibility index (Phi) is 20.1. The van der Waals surface area contributed by atoms with Crippen molar-refractivity contribution in [1.29, 1.82) is 0 Å². The zero-order valence-corrected chi connectivity index (χ0v) is 36.7. The van der Waals surface area contributed by atoms with E-state index >= 15 is 0 Å². The summed E-state index contributed by atoms with van der Waals surface area (Å²) in [6.45, 7) is 11.3. The van der Waals surface area contributed by atoms with Crippen molar-refractivity contribution in [2.24, 2.45) is 34.7 Å². The first-order chi connectivity index (χ1) is 28.0. The lowest BCUT2D eigenvalue weighted by atomic mass is 9.81. The van der Waals surface area contributed by atoms with Crippen molar-refractivity contribution in [3.63, 3.8) is 0 Å². The van der Waals surface area contributed by atoms with Gasteiger partial charge >= 0.3 is 5.97 Å². The summed E-state index contributed by atoms with van der Waals surface area (Å²) in [6.07, 6.45) is 7.83. The number of carbonyl (C=O) groups excluding carboxylic acids is 3. The number of carbonyl (C=O) groups is 3. The van der Waals surface area contributed by atoms with Crippen LogP contribution in [0.25, 0.3) is 0 Å². The van der Waals surface area contributed by atoms with E-state index in [4.69, 9.17) is 23.7 Å². The lowest BCUT2D eigenvalue weighted by Gasteiger charge is -2.47. The topological polar surface area (TPSA) is 194 Å². The molecule has 60 heavy (non-hydrogen) atoms. The molecule has 4 N–H and O–H groups in total. The van der Waals surface area contributed by atoms with Crippen molar-refractivity contribution < 1.29 is 58.6 Å². The number of ether oxygens (including phenoxy) is 5. The van der Waals surface area contributed by atoms with Crippen molar-refractivity contribution in [3.8, 4) is 0 Å². The Morgan fingerprint density at radius 1 is 0.950 bits per heavy atom. The Morgan fingerprint density at radius 3 is 2.25 bits per heavy atom. The van der Waals surface area contributed by atoms with Gasteiger partial charge in [-0.15, -0.1) is 0 Å². The molecular weight excluding hydrogens is 773 g/mol. The predicted octanol–water partition coefficient (Wildman–Crippen LogP) is 5.93. The quantitative estimate of drug-likeness (QED) is 0.0778. The minimum absolute atomic E-state index is 0. The van der Waals surface area contributed by atoms with Gasteiger partial charge in [0.1, 0.15) is 18.2 Å². The Balaban J connectivity index is 0.00000961. The van der Waals surface area contributed by atoms with Crippen LogP contribution >= 0.6 is 0 Å². The number of Topliss-reactive ketones (excluding diaryl/α,β-unsaturated/α-hetero) is 1. The molecule has 0 aromatic carbocycles. The number of aliphatic hydroxyl groups excluding tert-OH is 2. The van der Waals surface area contributed by atoms with E-state index in [0.717, 1.165) is 5.57 Å². The molecule has 1 amide bonds. The van der Waals surface area contributed by atoms with Gasteiger partial charge in [-0.05, 0) is 102 Å². The molecule has 342 valence electrons. The second kappa shape index (κ2) is 23.5. The highest BCUT2D eigenvalue weighted by Crippen LogP contribution is 2.39. The molecule has 0 unspecified atom stereocenters. The van der Waals surface area contributed by atoms with Gasteiger partial charge in [-0.2, -0.15) is 0 Å². The highest BCUT2D eigenvalue weighted by Gasteiger charge is 2.56. The van der Waals surface area contributed by atoms with E-state index in [1.807, 2.05) is 39.0 Å². The molecule has 0 aromatic heterocycles. The van der Waals surface area contributed by atoms with Crippen molar-refractivity contribution in [1.82, 2.24) is 4.90 Å². The van der Waals surface area contributed by atoms with Gasteiger partial charge in [0, 0.05) is 52.0 Å². The van der Waals surface area contributed by atoms with Gasteiger partial charge in [-0.25, -0.2) is 4.79 Å². The first-order valence-corrected chi connectivity index (χ1v) is 21.6. The predicted molar refractivity (Wildman–Crippen MR) is 228 cm³/mol. The van der Waals surface area contributed by atoms with E-state index in [0.29, 0.717) is 62.7 Å². The van der Waals surface area contributed by atoms with Crippen molar-refractivity contribution in [3.05, 3.63) is 35.5 Å². The number of cyclic esters (lactones) is 1. The van der Waals surface area contributed by atoms with Gasteiger partial charge < -0.3 is 49.1 Å². The van der Waals surface area contributed by atoms with Gasteiger partial charge in [-0.1, -0.05) is 63.2 Å². The molecule has 14 nitrogen and oxygen atoms in total. The average Bonchev–Trinajstić information content (AvgIpc) is 3.22. The summed E-state index contributed by atoms with van der Waals surface area (Å²) >= 11 is 0. The third kappa shape index (κ3) is 12.4. The number of esters is 1. The van der Waals surface area contributed by atoms with Gasteiger partial charge in [0.25, 0.3) is 11.7 Å². The summed E-state index contributed by atoms with van der Waals surface area (Å²) in [6, 6.07) is -1.14. The maximum atomic E-state index is 14.4. The summed E-state index contributed by atoms with van der Waals surface area (Å²) in [5.41, 5.74) is 2.07. The van der Waals surface area contributed by atoms with E-state index < -0.39 is 77.9 Å². The molecule has 0 radical (unpaired) electrons. The number of oxime groups is 1. The van der Waals surface area contributed by atoms with Crippen LogP contribution in [0.3, 0.4) is 0 Å². The summed E-state index contributed by atoms with van der Waals surface area (Å²) in [5, 5.41) is 48.6.